The Morgan fingerprint density at radius 3 is 3.06 bits per heavy atom. The van der Waals surface area contributed by atoms with Gasteiger partial charge in [-0.1, -0.05) is 39.4 Å². The molecule has 1 saturated heterocycles. The summed E-state index contributed by atoms with van der Waals surface area (Å²) in [4.78, 5) is 7.05. The predicted octanol–water partition coefficient (Wildman–Crippen LogP) is 3.28. The number of alkyl halides is 1. The Labute approximate surface area is 119 Å². The maximum absolute atomic E-state index is 5.85. The van der Waals surface area contributed by atoms with E-state index in [0.717, 1.165) is 29.1 Å². The third-order valence-corrected chi connectivity index (χ3v) is 4.87. The van der Waals surface area contributed by atoms with Crippen LogP contribution in [0.1, 0.15) is 6.92 Å². The van der Waals surface area contributed by atoms with E-state index in [-0.39, 0.29) is 12.2 Å². The number of anilines is 1. The van der Waals surface area contributed by atoms with Crippen molar-refractivity contribution in [3.63, 3.8) is 0 Å². The van der Waals surface area contributed by atoms with Crippen LogP contribution in [-0.2, 0) is 4.74 Å². The summed E-state index contributed by atoms with van der Waals surface area (Å²) in [6.45, 7) is 3.95. The minimum atomic E-state index is 0.251. The first-order valence-electron chi connectivity index (χ1n) is 6.08. The fraction of sp³-hybridized carbons (Fsp3) is 0.462. The summed E-state index contributed by atoms with van der Waals surface area (Å²) in [5.41, 5.74) is 1.09. The molecule has 2 unspecified atom stereocenters. The number of hydrogen-bond acceptors (Lipinski definition) is 4. The second-order valence-corrected chi connectivity index (χ2v) is 6.25. The quantitative estimate of drug-likeness (QED) is 0.792. The van der Waals surface area contributed by atoms with Crippen LogP contribution in [0.2, 0.25) is 0 Å². The first-order valence-corrected chi connectivity index (χ1v) is 8.02. The minimum Gasteiger partial charge on any atom is -0.371 e. The monoisotopic (exact) mass is 326 g/mol. The van der Waals surface area contributed by atoms with E-state index in [1.807, 2.05) is 6.07 Å². The lowest BCUT2D eigenvalue weighted by Gasteiger charge is -2.35. The van der Waals surface area contributed by atoms with Crippen LogP contribution in [0, 0.1) is 0 Å². The van der Waals surface area contributed by atoms with Crippen molar-refractivity contribution in [3.8, 4) is 0 Å². The number of nitrogens with zero attached hydrogens (tertiary/aromatic N) is 2. The number of thiazole rings is 1. The van der Waals surface area contributed by atoms with E-state index in [0.29, 0.717) is 0 Å². The summed E-state index contributed by atoms with van der Waals surface area (Å²) in [6, 6.07) is 8.30. The number of halogens is 1. The molecule has 1 aromatic carbocycles. The lowest BCUT2D eigenvalue weighted by Crippen LogP contribution is -2.47. The van der Waals surface area contributed by atoms with Gasteiger partial charge in [0.15, 0.2) is 5.13 Å². The zero-order chi connectivity index (χ0) is 12.5. The first kappa shape index (κ1) is 12.4. The SMILES string of the molecule is CC1CN(c2nc3ccccc3s2)CC(CBr)O1. The smallest absolute Gasteiger partial charge is 0.186 e. The molecule has 0 bridgehead atoms. The molecule has 1 fully saturated rings. The van der Waals surface area contributed by atoms with Crippen LogP contribution in [0.5, 0.6) is 0 Å². The third kappa shape index (κ3) is 2.39. The van der Waals surface area contributed by atoms with Crippen LogP contribution in [0.4, 0.5) is 5.13 Å². The second-order valence-electron chi connectivity index (χ2n) is 4.59. The second kappa shape index (κ2) is 5.15. The van der Waals surface area contributed by atoms with E-state index in [1.54, 1.807) is 11.3 Å². The Balaban J connectivity index is 1.88. The van der Waals surface area contributed by atoms with Crippen LogP contribution >= 0.6 is 27.3 Å². The van der Waals surface area contributed by atoms with Gasteiger partial charge >= 0.3 is 0 Å². The van der Waals surface area contributed by atoms with Gasteiger partial charge in [-0.3, -0.25) is 0 Å². The highest BCUT2D eigenvalue weighted by Gasteiger charge is 2.26. The van der Waals surface area contributed by atoms with Crippen molar-refractivity contribution in [1.29, 1.82) is 0 Å². The summed E-state index contributed by atoms with van der Waals surface area (Å²) in [6.07, 6.45) is 0.508. The Hall–Kier alpha value is -0.650. The van der Waals surface area contributed by atoms with Crippen LogP contribution in [0.3, 0.4) is 0 Å². The topological polar surface area (TPSA) is 25.4 Å². The van der Waals surface area contributed by atoms with Crippen molar-refractivity contribution in [2.75, 3.05) is 23.3 Å². The largest absolute Gasteiger partial charge is 0.371 e. The molecule has 0 saturated carbocycles. The maximum atomic E-state index is 5.85. The summed E-state index contributed by atoms with van der Waals surface area (Å²) < 4.78 is 7.10. The summed E-state index contributed by atoms with van der Waals surface area (Å²) in [5.74, 6) is 0. The van der Waals surface area contributed by atoms with Crippen LogP contribution in [-0.4, -0.2) is 35.6 Å². The number of rotatable bonds is 2. The van der Waals surface area contributed by atoms with Crippen LogP contribution in [0.15, 0.2) is 24.3 Å². The van der Waals surface area contributed by atoms with Gasteiger partial charge in [-0.25, -0.2) is 4.98 Å². The van der Waals surface area contributed by atoms with Crippen LogP contribution in [0.25, 0.3) is 10.2 Å². The molecule has 0 aliphatic carbocycles. The zero-order valence-corrected chi connectivity index (χ0v) is 12.6. The molecular formula is C13H15BrN2OS. The number of para-hydroxylation sites is 1. The van der Waals surface area contributed by atoms with E-state index in [4.69, 9.17) is 9.72 Å². The molecule has 1 aliphatic rings. The van der Waals surface area contributed by atoms with Crippen molar-refractivity contribution in [1.82, 2.24) is 4.98 Å². The third-order valence-electron chi connectivity index (χ3n) is 3.05. The molecule has 0 N–H and O–H groups in total. The molecule has 1 aliphatic heterocycles. The maximum Gasteiger partial charge on any atom is 0.186 e. The Bertz CT molecular complexity index is 512. The molecule has 18 heavy (non-hydrogen) atoms. The average Bonchev–Trinajstić information content (AvgIpc) is 2.81. The molecule has 0 radical (unpaired) electrons. The van der Waals surface area contributed by atoms with Gasteiger partial charge < -0.3 is 9.64 Å². The van der Waals surface area contributed by atoms with Gasteiger partial charge in [-0.2, -0.15) is 0 Å². The highest BCUT2D eigenvalue weighted by Crippen LogP contribution is 2.30. The fourth-order valence-corrected chi connectivity index (χ4v) is 3.62. The lowest BCUT2D eigenvalue weighted by atomic mass is 10.2. The number of aromatic nitrogens is 1. The molecule has 96 valence electrons. The zero-order valence-electron chi connectivity index (χ0n) is 10.2. The standard InChI is InChI=1S/C13H15BrN2OS/c1-9-7-16(8-10(6-14)17-9)13-15-11-4-2-3-5-12(11)18-13/h2-5,9-10H,6-8H2,1H3. The molecule has 2 atom stereocenters. The molecule has 3 rings (SSSR count). The van der Waals surface area contributed by atoms with Crippen molar-refractivity contribution < 1.29 is 4.74 Å². The molecule has 1 aromatic heterocycles. The van der Waals surface area contributed by atoms with Gasteiger partial charge in [-0.15, -0.1) is 0 Å². The van der Waals surface area contributed by atoms with Gasteiger partial charge in [0.1, 0.15) is 0 Å². The van der Waals surface area contributed by atoms with E-state index < -0.39 is 0 Å². The first-order chi connectivity index (χ1) is 8.76. The molecule has 3 nitrogen and oxygen atoms in total. The van der Waals surface area contributed by atoms with Gasteiger partial charge in [0.05, 0.1) is 22.4 Å². The van der Waals surface area contributed by atoms with E-state index in [1.165, 1.54) is 4.70 Å². The normalized spacial score (nSPS) is 24.7. The van der Waals surface area contributed by atoms with Crippen molar-refractivity contribution in [3.05, 3.63) is 24.3 Å². The molecule has 2 heterocycles. The highest BCUT2D eigenvalue weighted by molar-refractivity contribution is 9.09. The van der Waals surface area contributed by atoms with Gasteiger partial charge in [0.2, 0.25) is 0 Å². The molecule has 5 heteroatoms. The van der Waals surface area contributed by atoms with Gasteiger partial charge in [0, 0.05) is 18.4 Å². The van der Waals surface area contributed by atoms with Gasteiger partial charge in [0.25, 0.3) is 0 Å². The van der Waals surface area contributed by atoms with Crippen molar-refractivity contribution >= 4 is 42.6 Å². The summed E-state index contributed by atoms with van der Waals surface area (Å²) in [7, 11) is 0. The number of fused-ring (bicyclic) bond motifs is 1. The van der Waals surface area contributed by atoms with E-state index in [2.05, 4.69) is 46.0 Å². The van der Waals surface area contributed by atoms with Crippen LogP contribution < -0.4 is 4.90 Å². The Morgan fingerprint density at radius 2 is 2.28 bits per heavy atom. The fourth-order valence-electron chi connectivity index (χ4n) is 2.28. The van der Waals surface area contributed by atoms with E-state index >= 15 is 0 Å². The van der Waals surface area contributed by atoms with E-state index in [9.17, 15) is 0 Å². The van der Waals surface area contributed by atoms with Gasteiger partial charge in [-0.05, 0) is 19.1 Å². The molecular weight excluding hydrogens is 312 g/mol. The summed E-state index contributed by atoms with van der Waals surface area (Å²) in [5, 5.41) is 1.98. The summed E-state index contributed by atoms with van der Waals surface area (Å²) >= 11 is 5.27. The molecule has 0 amide bonds. The number of benzene rings is 1. The molecule has 0 spiro atoms. The minimum absolute atomic E-state index is 0.251. The van der Waals surface area contributed by atoms with Crippen molar-refractivity contribution in [2.45, 2.75) is 19.1 Å². The molecule has 2 aromatic rings. The Morgan fingerprint density at radius 1 is 1.44 bits per heavy atom. The number of hydrogen-bond donors (Lipinski definition) is 0. The Kier molecular flexibility index (Phi) is 3.54. The number of ether oxygens (including phenoxy) is 1. The average molecular weight is 327 g/mol. The highest BCUT2D eigenvalue weighted by atomic mass is 79.9. The number of morpholine rings is 1. The predicted molar refractivity (Wildman–Crippen MR) is 80.0 cm³/mol. The van der Waals surface area contributed by atoms with Crippen molar-refractivity contribution in [2.24, 2.45) is 0 Å². The lowest BCUT2D eigenvalue weighted by molar-refractivity contribution is -0.00198.